The van der Waals surface area contributed by atoms with Crippen molar-refractivity contribution < 1.29 is 22.0 Å². The molecule has 0 atom stereocenters. The van der Waals surface area contributed by atoms with E-state index >= 15 is 0 Å². The molecule has 0 saturated carbocycles. The molecule has 1 fully saturated rings. The number of hydrogen-bond donors (Lipinski definition) is 0. The molecule has 0 amide bonds. The summed E-state index contributed by atoms with van der Waals surface area (Å²) in [6.45, 7) is 5.27. The van der Waals surface area contributed by atoms with Gasteiger partial charge < -0.3 is 4.90 Å². The van der Waals surface area contributed by atoms with Crippen molar-refractivity contribution in [3.05, 3.63) is 35.4 Å². The Morgan fingerprint density at radius 2 is 1.79 bits per heavy atom. The van der Waals surface area contributed by atoms with Crippen LogP contribution in [0.25, 0.3) is 11.2 Å². The van der Waals surface area contributed by atoms with Gasteiger partial charge in [0.05, 0.1) is 13.1 Å². The normalized spacial score (nSPS) is 19.2. The molecule has 1 saturated heterocycles. The topological polar surface area (TPSA) is 97.3 Å². The Bertz CT molecular complexity index is 1290. The maximum Gasteiger partial charge on any atom is 0.442 e. The Balaban J connectivity index is 1.54. The fourth-order valence-corrected chi connectivity index (χ4v) is 3.80. The van der Waals surface area contributed by atoms with Crippen LogP contribution >= 0.6 is 0 Å². The summed E-state index contributed by atoms with van der Waals surface area (Å²) in [5, 5.41) is 14.6. The number of halogens is 5. The second kappa shape index (κ2) is 7.09. The molecule has 180 valence electrons. The fourth-order valence-electron chi connectivity index (χ4n) is 3.80. The molecule has 0 aliphatic carbocycles. The molecule has 14 heteroatoms. The third kappa shape index (κ3) is 3.74. The summed E-state index contributed by atoms with van der Waals surface area (Å²) in [6, 6.07) is 1.31. The van der Waals surface area contributed by atoms with Gasteiger partial charge in [0.25, 0.3) is 5.92 Å². The summed E-state index contributed by atoms with van der Waals surface area (Å²) in [5.74, 6) is -2.17. The first-order valence-electron chi connectivity index (χ1n) is 10.5. The van der Waals surface area contributed by atoms with Crippen LogP contribution in [0.3, 0.4) is 0 Å². The molecule has 0 aromatic carbocycles. The molecule has 0 spiro atoms. The second-order valence-corrected chi connectivity index (χ2v) is 9.52. The van der Waals surface area contributed by atoms with E-state index in [-0.39, 0.29) is 36.4 Å². The molecular formula is C20H20F5N9. The lowest BCUT2D eigenvalue weighted by atomic mass is 9.96. The molecule has 34 heavy (non-hydrogen) atoms. The van der Waals surface area contributed by atoms with Crippen LogP contribution in [0.4, 0.5) is 27.8 Å². The van der Waals surface area contributed by atoms with E-state index in [9.17, 15) is 22.0 Å². The predicted molar refractivity (Wildman–Crippen MR) is 110 cm³/mol. The molecule has 3 aromatic heterocycles. The van der Waals surface area contributed by atoms with Crippen LogP contribution in [0, 0.1) is 0 Å². The lowest BCUT2D eigenvalue weighted by molar-refractivity contribution is -0.166. The molecule has 2 aliphatic rings. The van der Waals surface area contributed by atoms with Crippen LogP contribution in [-0.2, 0) is 17.6 Å². The van der Waals surface area contributed by atoms with Gasteiger partial charge in [-0.1, -0.05) is 26.0 Å². The van der Waals surface area contributed by atoms with Gasteiger partial charge in [-0.05, 0) is 11.6 Å². The fraction of sp³-hybridized carbons (Fsp3) is 0.550. The van der Waals surface area contributed by atoms with E-state index in [1.54, 1.807) is 0 Å². The zero-order chi connectivity index (χ0) is 24.5. The molecule has 2 aliphatic heterocycles. The van der Waals surface area contributed by atoms with E-state index < -0.39 is 29.7 Å². The van der Waals surface area contributed by atoms with Gasteiger partial charge in [-0.3, -0.25) is 4.98 Å². The average molecular weight is 481 g/mol. The Morgan fingerprint density at radius 1 is 1.06 bits per heavy atom. The zero-order valence-corrected chi connectivity index (χ0v) is 18.5. The number of hydrogen-bond acceptors (Lipinski definition) is 8. The monoisotopic (exact) mass is 481 g/mol. The number of alkyl halides is 5. The zero-order valence-electron chi connectivity index (χ0n) is 18.5. The maximum absolute atomic E-state index is 13.9. The van der Waals surface area contributed by atoms with Crippen molar-refractivity contribution in [1.29, 1.82) is 0 Å². The standard InChI is InChI=1S/C20H20F5N9/c1-17(2,3)16-27-14(33-5-4-18(21,22)10-33)13-15(28-16)34(32-29-13)9-11-6-12(8-26-7-11)19(30-31-19)20(23,24)25/h6-8H,4-5,9-10H2,1-3H3. The van der Waals surface area contributed by atoms with Crippen molar-refractivity contribution in [3.63, 3.8) is 0 Å². The molecule has 3 aromatic rings. The third-order valence-corrected chi connectivity index (χ3v) is 5.71. The van der Waals surface area contributed by atoms with E-state index in [4.69, 9.17) is 0 Å². The molecule has 5 heterocycles. The Kier molecular flexibility index (Phi) is 4.69. The molecule has 0 N–H and O–H groups in total. The van der Waals surface area contributed by atoms with Gasteiger partial charge in [0.15, 0.2) is 17.0 Å². The van der Waals surface area contributed by atoms with Crippen molar-refractivity contribution in [1.82, 2.24) is 29.9 Å². The Morgan fingerprint density at radius 3 is 2.38 bits per heavy atom. The average Bonchev–Trinajstić information content (AvgIpc) is 3.37. The first-order chi connectivity index (χ1) is 15.8. The quantitative estimate of drug-likeness (QED) is 0.523. The van der Waals surface area contributed by atoms with Crippen molar-refractivity contribution in [2.45, 2.75) is 56.9 Å². The predicted octanol–water partition coefficient (Wildman–Crippen LogP) is 3.99. The highest BCUT2D eigenvalue weighted by molar-refractivity contribution is 5.83. The van der Waals surface area contributed by atoms with Gasteiger partial charge in [-0.2, -0.15) is 13.2 Å². The maximum atomic E-state index is 13.9. The molecule has 5 rings (SSSR count). The minimum absolute atomic E-state index is 0.00146. The number of aromatic nitrogens is 6. The summed E-state index contributed by atoms with van der Waals surface area (Å²) < 4.78 is 69.4. The lowest BCUT2D eigenvalue weighted by Crippen LogP contribution is -2.30. The van der Waals surface area contributed by atoms with Crippen LogP contribution < -0.4 is 4.90 Å². The van der Waals surface area contributed by atoms with Crippen molar-refractivity contribution in [2.24, 2.45) is 10.2 Å². The smallest absolute Gasteiger partial charge is 0.348 e. The van der Waals surface area contributed by atoms with Crippen LogP contribution in [0.5, 0.6) is 0 Å². The van der Waals surface area contributed by atoms with Crippen molar-refractivity contribution >= 4 is 17.0 Å². The largest absolute Gasteiger partial charge is 0.442 e. The Hall–Kier alpha value is -3.32. The minimum atomic E-state index is -4.67. The molecular weight excluding hydrogens is 461 g/mol. The van der Waals surface area contributed by atoms with E-state index in [0.29, 0.717) is 17.0 Å². The van der Waals surface area contributed by atoms with E-state index in [2.05, 4.69) is 35.5 Å². The first-order valence-corrected chi connectivity index (χ1v) is 10.5. The van der Waals surface area contributed by atoms with Gasteiger partial charge in [0.2, 0.25) is 0 Å². The summed E-state index contributed by atoms with van der Waals surface area (Å²) in [5.41, 5.74) is -2.36. The highest BCUT2D eigenvalue weighted by atomic mass is 19.4. The molecule has 0 bridgehead atoms. The van der Waals surface area contributed by atoms with Crippen molar-refractivity contribution in [3.8, 4) is 0 Å². The van der Waals surface area contributed by atoms with Crippen molar-refractivity contribution in [2.75, 3.05) is 18.0 Å². The van der Waals surface area contributed by atoms with Crippen LogP contribution in [-0.4, -0.2) is 55.1 Å². The van der Waals surface area contributed by atoms with E-state index in [0.717, 1.165) is 6.20 Å². The summed E-state index contributed by atoms with van der Waals surface area (Å²) in [6.07, 6.45) is -2.50. The summed E-state index contributed by atoms with van der Waals surface area (Å²) in [4.78, 5) is 14.5. The van der Waals surface area contributed by atoms with Gasteiger partial charge in [0, 0.05) is 36.3 Å². The number of rotatable bonds is 4. The number of nitrogens with zero attached hydrogens (tertiary/aromatic N) is 9. The second-order valence-electron chi connectivity index (χ2n) is 9.52. The van der Waals surface area contributed by atoms with Gasteiger partial charge in [0.1, 0.15) is 5.82 Å². The highest BCUT2D eigenvalue weighted by Crippen LogP contribution is 2.52. The van der Waals surface area contributed by atoms with Crippen LogP contribution in [0.1, 0.15) is 44.1 Å². The molecule has 0 radical (unpaired) electrons. The van der Waals surface area contributed by atoms with Gasteiger partial charge in [-0.25, -0.2) is 23.4 Å². The van der Waals surface area contributed by atoms with Crippen LogP contribution in [0.2, 0.25) is 0 Å². The molecule has 0 unspecified atom stereocenters. The lowest BCUT2D eigenvalue weighted by Gasteiger charge is -2.22. The highest BCUT2D eigenvalue weighted by Gasteiger charge is 2.65. The van der Waals surface area contributed by atoms with Crippen LogP contribution in [0.15, 0.2) is 28.7 Å². The summed E-state index contributed by atoms with van der Waals surface area (Å²) in [7, 11) is 0. The first kappa shape index (κ1) is 22.5. The van der Waals surface area contributed by atoms with E-state index in [1.807, 2.05) is 20.8 Å². The van der Waals surface area contributed by atoms with Gasteiger partial charge in [-0.15, -0.1) is 15.3 Å². The number of pyridine rings is 1. The number of fused-ring (bicyclic) bond motifs is 1. The Labute approximate surface area is 190 Å². The van der Waals surface area contributed by atoms with E-state index in [1.165, 1.54) is 21.8 Å². The SMILES string of the molecule is CC(C)(C)c1nc(N2CCC(F)(F)C2)c2nnn(Cc3cncc(C4(C(F)(F)F)N=N4)c3)c2n1. The minimum Gasteiger partial charge on any atom is -0.348 e. The summed E-state index contributed by atoms with van der Waals surface area (Å²) >= 11 is 0. The van der Waals surface area contributed by atoms with Gasteiger partial charge >= 0.3 is 11.8 Å². The molecule has 9 nitrogen and oxygen atoms in total. The number of anilines is 1. The third-order valence-electron chi connectivity index (χ3n) is 5.71.